The van der Waals surface area contributed by atoms with Crippen molar-refractivity contribution in [3.63, 3.8) is 0 Å². The summed E-state index contributed by atoms with van der Waals surface area (Å²) in [6, 6.07) is 6.58. The first-order chi connectivity index (χ1) is 11.3. The maximum Gasteiger partial charge on any atom is 0.0802 e. The fraction of sp³-hybridized carbons (Fsp3) is 0.684. The van der Waals surface area contributed by atoms with Crippen LogP contribution in [-0.4, -0.2) is 65.9 Å². The molecule has 0 bridgehead atoms. The molecular formula is C19H30N2O2. The van der Waals surface area contributed by atoms with Gasteiger partial charge in [-0.1, -0.05) is 18.2 Å². The molecule has 23 heavy (non-hydrogen) atoms. The van der Waals surface area contributed by atoms with Crippen molar-refractivity contribution in [3.8, 4) is 0 Å². The van der Waals surface area contributed by atoms with Crippen molar-refractivity contribution in [2.45, 2.75) is 38.2 Å². The Kier molecular flexibility index (Phi) is 6.06. The molecule has 1 aliphatic heterocycles. The first kappa shape index (κ1) is 16.9. The standard InChI is InChI=1S/C19H30N2O2/c22-14-13-21-11-9-20(10-12-21)8-7-19(23)18-6-5-16-3-1-2-4-17(16)15-18/h5-6,15,19,22-23H,1-4,7-14H2. The minimum atomic E-state index is -0.349. The van der Waals surface area contributed by atoms with Gasteiger partial charge in [-0.15, -0.1) is 0 Å². The molecule has 1 heterocycles. The quantitative estimate of drug-likeness (QED) is 0.836. The summed E-state index contributed by atoms with van der Waals surface area (Å²) in [7, 11) is 0. The van der Waals surface area contributed by atoms with Crippen molar-refractivity contribution in [2.24, 2.45) is 0 Å². The summed E-state index contributed by atoms with van der Waals surface area (Å²) in [6.07, 6.45) is 5.41. The third-order valence-electron chi connectivity index (χ3n) is 5.36. The predicted molar refractivity (Wildman–Crippen MR) is 92.6 cm³/mol. The van der Waals surface area contributed by atoms with E-state index >= 15 is 0 Å². The molecule has 2 aliphatic rings. The van der Waals surface area contributed by atoms with Crippen LogP contribution in [0.1, 0.15) is 42.1 Å². The maximum absolute atomic E-state index is 10.5. The molecule has 1 unspecified atom stereocenters. The van der Waals surface area contributed by atoms with Crippen LogP contribution in [0.5, 0.6) is 0 Å². The van der Waals surface area contributed by atoms with Crippen LogP contribution in [0.4, 0.5) is 0 Å². The van der Waals surface area contributed by atoms with Crippen LogP contribution < -0.4 is 0 Å². The summed E-state index contributed by atoms with van der Waals surface area (Å²) in [4.78, 5) is 4.73. The largest absolute Gasteiger partial charge is 0.395 e. The Hall–Kier alpha value is -0.940. The lowest BCUT2D eigenvalue weighted by Crippen LogP contribution is -2.47. The second kappa shape index (κ2) is 8.25. The van der Waals surface area contributed by atoms with Gasteiger partial charge in [0.05, 0.1) is 12.7 Å². The fourth-order valence-corrected chi connectivity index (χ4v) is 3.81. The second-order valence-corrected chi connectivity index (χ2v) is 6.95. The highest BCUT2D eigenvalue weighted by atomic mass is 16.3. The van der Waals surface area contributed by atoms with Gasteiger partial charge in [0.15, 0.2) is 0 Å². The second-order valence-electron chi connectivity index (χ2n) is 6.95. The van der Waals surface area contributed by atoms with Gasteiger partial charge in [-0.05, 0) is 48.8 Å². The predicted octanol–water partition coefficient (Wildman–Crippen LogP) is 1.60. The van der Waals surface area contributed by atoms with E-state index in [1.165, 1.54) is 36.8 Å². The van der Waals surface area contributed by atoms with Crippen LogP contribution in [0, 0.1) is 0 Å². The van der Waals surface area contributed by atoms with Crippen LogP contribution in [0.2, 0.25) is 0 Å². The van der Waals surface area contributed by atoms with E-state index in [9.17, 15) is 5.11 Å². The van der Waals surface area contributed by atoms with Gasteiger partial charge in [0.2, 0.25) is 0 Å². The zero-order chi connectivity index (χ0) is 16.1. The van der Waals surface area contributed by atoms with E-state index in [-0.39, 0.29) is 12.7 Å². The molecule has 0 saturated carbocycles. The van der Waals surface area contributed by atoms with Gasteiger partial charge in [-0.25, -0.2) is 0 Å². The summed E-state index contributed by atoms with van der Waals surface area (Å²) < 4.78 is 0. The van der Waals surface area contributed by atoms with Gasteiger partial charge in [-0.2, -0.15) is 0 Å². The smallest absolute Gasteiger partial charge is 0.0802 e. The molecule has 1 saturated heterocycles. The number of nitrogens with zero attached hydrogens (tertiary/aromatic N) is 2. The molecule has 3 rings (SSSR count). The van der Waals surface area contributed by atoms with Crippen molar-refractivity contribution in [2.75, 3.05) is 45.9 Å². The van der Waals surface area contributed by atoms with Gasteiger partial charge in [0, 0.05) is 39.3 Å². The number of fused-ring (bicyclic) bond motifs is 1. The van der Waals surface area contributed by atoms with Crippen molar-refractivity contribution in [1.29, 1.82) is 0 Å². The Morgan fingerprint density at radius 1 is 0.913 bits per heavy atom. The maximum atomic E-state index is 10.5. The first-order valence-electron chi connectivity index (χ1n) is 9.11. The minimum Gasteiger partial charge on any atom is -0.395 e. The highest BCUT2D eigenvalue weighted by molar-refractivity contribution is 5.34. The first-order valence-corrected chi connectivity index (χ1v) is 9.11. The highest BCUT2D eigenvalue weighted by Gasteiger charge is 2.18. The number of hydrogen-bond acceptors (Lipinski definition) is 4. The SMILES string of the molecule is OCCN1CCN(CCC(O)c2ccc3c(c2)CCCC3)CC1. The van der Waals surface area contributed by atoms with Crippen molar-refractivity contribution < 1.29 is 10.2 Å². The summed E-state index contributed by atoms with van der Waals surface area (Å²) in [5.41, 5.74) is 4.02. The van der Waals surface area contributed by atoms with Crippen LogP contribution in [0.3, 0.4) is 0 Å². The van der Waals surface area contributed by atoms with Crippen LogP contribution in [0.25, 0.3) is 0 Å². The van der Waals surface area contributed by atoms with E-state index in [1.54, 1.807) is 0 Å². The lowest BCUT2D eigenvalue weighted by Gasteiger charge is -2.34. The lowest BCUT2D eigenvalue weighted by molar-refractivity contribution is 0.0923. The van der Waals surface area contributed by atoms with E-state index in [0.29, 0.717) is 0 Å². The van der Waals surface area contributed by atoms with Gasteiger partial charge in [0.25, 0.3) is 0 Å². The molecule has 4 heteroatoms. The van der Waals surface area contributed by atoms with Crippen LogP contribution in [-0.2, 0) is 12.8 Å². The summed E-state index contributed by atoms with van der Waals surface area (Å²) in [6.45, 7) is 6.10. The Morgan fingerprint density at radius 2 is 1.57 bits per heavy atom. The molecule has 1 aromatic rings. The zero-order valence-corrected chi connectivity index (χ0v) is 14.1. The molecule has 0 amide bonds. The number of piperazine rings is 1. The molecule has 1 fully saturated rings. The number of aliphatic hydroxyl groups is 2. The molecule has 1 aliphatic carbocycles. The van der Waals surface area contributed by atoms with E-state index in [1.807, 2.05) is 0 Å². The van der Waals surface area contributed by atoms with Crippen LogP contribution >= 0.6 is 0 Å². The molecule has 1 atom stereocenters. The highest BCUT2D eigenvalue weighted by Crippen LogP contribution is 2.26. The summed E-state index contributed by atoms with van der Waals surface area (Å²) in [5, 5.41) is 19.5. The van der Waals surface area contributed by atoms with Gasteiger partial charge >= 0.3 is 0 Å². The number of aliphatic hydroxyl groups excluding tert-OH is 2. The number of β-amino-alcohol motifs (C(OH)–C–C–N with tert-alkyl or cyclic N) is 1. The Bertz CT molecular complexity index is 498. The summed E-state index contributed by atoms with van der Waals surface area (Å²) in [5.74, 6) is 0. The molecule has 1 aromatic carbocycles. The number of hydrogen-bond donors (Lipinski definition) is 2. The number of benzene rings is 1. The van der Waals surface area contributed by atoms with Gasteiger partial charge < -0.3 is 15.1 Å². The molecule has 0 spiro atoms. The Morgan fingerprint density at radius 3 is 2.26 bits per heavy atom. The van der Waals surface area contributed by atoms with E-state index in [0.717, 1.165) is 51.3 Å². The third kappa shape index (κ3) is 4.54. The average Bonchev–Trinajstić information content (AvgIpc) is 2.60. The van der Waals surface area contributed by atoms with Gasteiger partial charge in [0.1, 0.15) is 0 Å². The van der Waals surface area contributed by atoms with Gasteiger partial charge in [-0.3, -0.25) is 4.90 Å². The fourth-order valence-electron chi connectivity index (χ4n) is 3.81. The monoisotopic (exact) mass is 318 g/mol. The van der Waals surface area contributed by atoms with E-state index in [4.69, 9.17) is 5.11 Å². The molecular weight excluding hydrogens is 288 g/mol. The molecule has 0 aromatic heterocycles. The van der Waals surface area contributed by atoms with E-state index in [2.05, 4.69) is 28.0 Å². The third-order valence-corrected chi connectivity index (χ3v) is 5.36. The van der Waals surface area contributed by atoms with Crippen molar-refractivity contribution >= 4 is 0 Å². The zero-order valence-electron chi connectivity index (χ0n) is 14.1. The number of rotatable bonds is 6. The topological polar surface area (TPSA) is 46.9 Å². The average molecular weight is 318 g/mol. The Balaban J connectivity index is 1.47. The van der Waals surface area contributed by atoms with Crippen molar-refractivity contribution in [3.05, 3.63) is 34.9 Å². The molecule has 4 nitrogen and oxygen atoms in total. The summed E-state index contributed by atoms with van der Waals surface area (Å²) >= 11 is 0. The molecule has 128 valence electrons. The van der Waals surface area contributed by atoms with Crippen molar-refractivity contribution in [1.82, 2.24) is 9.80 Å². The lowest BCUT2D eigenvalue weighted by atomic mass is 9.89. The minimum absolute atomic E-state index is 0.247. The number of aryl methyl sites for hydroxylation is 2. The molecule has 0 radical (unpaired) electrons. The van der Waals surface area contributed by atoms with Crippen LogP contribution in [0.15, 0.2) is 18.2 Å². The normalized spacial score (nSPS) is 21.1. The Labute approximate surface area is 139 Å². The molecule has 2 N–H and O–H groups in total. The van der Waals surface area contributed by atoms with E-state index < -0.39 is 0 Å².